The lowest BCUT2D eigenvalue weighted by molar-refractivity contribution is 0.281. The molecule has 0 saturated carbocycles. The molecule has 0 aliphatic carbocycles. The molecule has 1 aromatic carbocycles. The molecule has 4 heteroatoms. The molecule has 0 aliphatic rings. The first-order valence-corrected chi connectivity index (χ1v) is 7.19. The Morgan fingerprint density at radius 2 is 2.00 bits per heavy atom. The topological polar surface area (TPSA) is 50.9 Å². The van der Waals surface area contributed by atoms with E-state index in [1.807, 2.05) is 18.3 Å². The van der Waals surface area contributed by atoms with Crippen molar-refractivity contribution in [3.05, 3.63) is 47.8 Å². The molecule has 3 aromatic rings. The molecule has 3 rings (SSSR count). The van der Waals surface area contributed by atoms with E-state index in [0.29, 0.717) is 6.42 Å². The van der Waals surface area contributed by atoms with Gasteiger partial charge in [-0.2, -0.15) is 0 Å². The number of hydrogen-bond acceptors (Lipinski definition) is 3. The Bertz CT molecular complexity index is 763. The highest BCUT2D eigenvalue weighted by Gasteiger charge is 2.13. The van der Waals surface area contributed by atoms with Crippen molar-refractivity contribution in [3.8, 4) is 11.4 Å². The van der Waals surface area contributed by atoms with Gasteiger partial charge in [0.2, 0.25) is 0 Å². The minimum absolute atomic E-state index is 0.178. The number of imidazole rings is 1. The van der Waals surface area contributed by atoms with E-state index in [4.69, 9.17) is 10.1 Å². The van der Waals surface area contributed by atoms with Crippen LogP contribution in [-0.2, 0) is 6.54 Å². The van der Waals surface area contributed by atoms with Crippen molar-refractivity contribution in [3.63, 3.8) is 0 Å². The number of hydrogen-bond donors (Lipinski definition) is 1. The summed E-state index contributed by atoms with van der Waals surface area (Å²) < 4.78 is 2.18. The van der Waals surface area contributed by atoms with Gasteiger partial charge in [0.05, 0.1) is 11.0 Å². The van der Waals surface area contributed by atoms with Gasteiger partial charge in [0.15, 0.2) is 0 Å². The quantitative estimate of drug-likeness (QED) is 0.799. The fourth-order valence-corrected chi connectivity index (χ4v) is 2.55. The van der Waals surface area contributed by atoms with Crippen LogP contribution < -0.4 is 0 Å². The van der Waals surface area contributed by atoms with Crippen molar-refractivity contribution >= 4 is 11.0 Å². The van der Waals surface area contributed by atoms with Crippen LogP contribution in [0.4, 0.5) is 0 Å². The van der Waals surface area contributed by atoms with Crippen molar-refractivity contribution in [2.24, 2.45) is 0 Å². The first-order chi connectivity index (χ1) is 10.2. The highest BCUT2D eigenvalue weighted by atomic mass is 16.3. The van der Waals surface area contributed by atoms with Gasteiger partial charge >= 0.3 is 0 Å². The van der Waals surface area contributed by atoms with Crippen LogP contribution in [0.3, 0.4) is 0 Å². The maximum atomic E-state index is 9.15. The maximum Gasteiger partial charge on any atom is 0.142 e. The molecule has 1 N–H and O–H groups in total. The van der Waals surface area contributed by atoms with Crippen LogP contribution in [0.15, 0.2) is 36.7 Å². The van der Waals surface area contributed by atoms with Crippen LogP contribution in [-0.4, -0.2) is 26.2 Å². The first-order valence-electron chi connectivity index (χ1n) is 7.19. The molecule has 2 heterocycles. The van der Waals surface area contributed by atoms with E-state index in [2.05, 4.69) is 35.5 Å². The van der Waals surface area contributed by atoms with E-state index in [0.717, 1.165) is 29.0 Å². The summed E-state index contributed by atoms with van der Waals surface area (Å²) in [6.45, 7) is 5.14. The lowest BCUT2D eigenvalue weighted by Crippen LogP contribution is -2.03. The molecule has 0 saturated heterocycles. The molecule has 0 unspecified atom stereocenters. The fourth-order valence-electron chi connectivity index (χ4n) is 2.55. The Labute approximate surface area is 124 Å². The molecule has 21 heavy (non-hydrogen) atoms. The highest BCUT2D eigenvalue weighted by molar-refractivity contribution is 5.82. The average molecular weight is 281 g/mol. The summed E-state index contributed by atoms with van der Waals surface area (Å²) in [7, 11) is 0. The van der Waals surface area contributed by atoms with Crippen molar-refractivity contribution in [1.29, 1.82) is 0 Å². The molecule has 0 spiro atoms. The van der Waals surface area contributed by atoms with Crippen LogP contribution in [0.5, 0.6) is 0 Å². The first kappa shape index (κ1) is 13.8. The Balaban J connectivity index is 2.22. The molecular formula is C17H19N3O. The summed E-state index contributed by atoms with van der Waals surface area (Å²) in [5.74, 6) is 0.913. The zero-order chi connectivity index (χ0) is 14.8. The van der Waals surface area contributed by atoms with Crippen molar-refractivity contribution in [2.45, 2.75) is 26.8 Å². The molecule has 0 bridgehead atoms. The molecule has 0 radical (unpaired) electrons. The van der Waals surface area contributed by atoms with E-state index in [1.54, 1.807) is 6.20 Å². The smallest absolute Gasteiger partial charge is 0.142 e. The average Bonchev–Trinajstić information content (AvgIpc) is 2.84. The molecule has 4 nitrogen and oxygen atoms in total. The Morgan fingerprint density at radius 3 is 2.71 bits per heavy atom. The molecule has 0 fully saturated rings. The zero-order valence-corrected chi connectivity index (χ0v) is 12.4. The molecule has 0 amide bonds. The number of nitrogens with zero attached hydrogens (tertiary/aromatic N) is 3. The third-order valence-electron chi connectivity index (χ3n) is 3.82. The van der Waals surface area contributed by atoms with Gasteiger partial charge in [0, 0.05) is 31.1 Å². The number of aliphatic hydroxyl groups excluding tert-OH is 1. The number of benzene rings is 1. The van der Waals surface area contributed by atoms with Gasteiger partial charge in [-0.05, 0) is 55.7 Å². The summed E-state index contributed by atoms with van der Waals surface area (Å²) in [6.07, 6.45) is 4.31. The lowest BCUT2D eigenvalue weighted by Gasteiger charge is -2.09. The van der Waals surface area contributed by atoms with E-state index < -0.39 is 0 Å². The predicted molar refractivity (Wildman–Crippen MR) is 84.1 cm³/mol. The Hall–Kier alpha value is -2.20. The van der Waals surface area contributed by atoms with Crippen LogP contribution in [0, 0.1) is 13.8 Å². The molecule has 0 aliphatic heterocycles. The number of rotatable bonds is 4. The van der Waals surface area contributed by atoms with Gasteiger partial charge in [-0.3, -0.25) is 4.98 Å². The van der Waals surface area contributed by atoms with Gasteiger partial charge in [0.1, 0.15) is 5.82 Å². The zero-order valence-electron chi connectivity index (χ0n) is 12.4. The number of aryl methyl sites for hydroxylation is 3. The number of pyridine rings is 1. The molecular weight excluding hydrogens is 262 g/mol. The minimum Gasteiger partial charge on any atom is -0.396 e. The van der Waals surface area contributed by atoms with Crippen LogP contribution in [0.2, 0.25) is 0 Å². The van der Waals surface area contributed by atoms with Gasteiger partial charge in [-0.15, -0.1) is 0 Å². The summed E-state index contributed by atoms with van der Waals surface area (Å²) in [4.78, 5) is 8.96. The van der Waals surface area contributed by atoms with Crippen LogP contribution >= 0.6 is 0 Å². The van der Waals surface area contributed by atoms with E-state index in [1.165, 1.54) is 11.1 Å². The summed E-state index contributed by atoms with van der Waals surface area (Å²) in [5, 5.41) is 9.15. The van der Waals surface area contributed by atoms with Gasteiger partial charge < -0.3 is 9.67 Å². The van der Waals surface area contributed by atoms with Gasteiger partial charge in [-0.1, -0.05) is 0 Å². The Morgan fingerprint density at radius 1 is 1.19 bits per heavy atom. The predicted octanol–water partition coefficient (Wildman–Crippen LogP) is 3.10. The second kappa shape index (κ2) is 5.66. The normalized spacial score (nSPS) is 11.2. The van der Waals surface area contributed by atoms with E-state index in [-0.39, 0.29) is 6.61 Å². The molecule has 0 atom stereocenters. The standard InChI is InChI=1S/C17H19N3O/c1-12-9-15-16(10-13(12)2)20(7-4-8-21)17(19-15)14-5-3-6-18-11-14/h3,5-6,9-11,21H,4,7-8H2,1-2H3. The molecule has 2 aromatic heterocycles. The lowest BCUT2D eigenvalue weighted by atomic mass is 10.1. The van der Waals surface area contributed by atoms with Crippen molar-refractivity contribution in [1.82, 2.24) is 14.5 Å². The van der Waals surface area contributed by atoms with Gasteiger partial charge in [-0.25, -0.2) is 4.98 Å². The van der Waals surface area contributed by atoms with E-state index in [9.17, 15) is 0 Å². The van der Waals surface area contributed by atoms with Crippen LogP contribution in [0.1, 0.15) is 17.5 Å². The fraction of sp³-hybridized carbons (Fsp3) is 0.294. The van der Waals surface area contributed by atoms with Gasteiger partial charge in [0.25, 0.3) is 0 Å². The molecule has 108 valence electrons. The second-order valence-electron chi connectivity index (χ2n) is 5.33. The minimum atomic E-state index is 0.178. The summed E-state index contributed by atoms with van der Waals surface area (Å²) in [5.41, 5.74) is 5.61. The SMILES string of the molecule is Cc1cc2nc(-c3cccnc3)n(CCCO)c2cc1C. The van der Waals surface area contributed by atoms with E-state index >= 15 is 0 Å². The number of aliphatic hydroxyl groups is 1. The largest absolute Gasteiger partial charge is 0.396 e. The number of aromatic nitrogens is 3. The third-order valence-corrected chi connectivity index (χ3v) is 3.82. The monoisotopic (exact) mass is 281 g/mol. The van der Waals surface area contributed by atoms with Crippen molar-refractivity contribution < 1.29 is 5.11 Å². The van der Waals surface area contributed by atoms with Crippen molar-refractivity contribution in [2.75, 3.05) is 6.61 Å². The second-order valence-corrected chi connectivity index (χ2v) is 5.33. The number of fused-ring (bicyclic) bond motifs is 1. The summed E-state index contributed by atoms with van der Waals surface area (Å²) in [6, 6.07) is 8.24. The van der Waals surface area contributed by atoms with Crippen LogP contribution in [0.25, 0.3) is 22.4 Å². The Kier molecular flexibility index (Phi) is 3.71. The third kappa shape index (κ3) is 2.54. The summed E-state index contributed by atoms with van der Waals surface area (Å²) >= 11 is 0. The maximum absolute atomic E-state index is 9.15. The highest BCUT2D eigenvalue weighted by Crippen LogP contribution is 2.26.